The maximum atomic E-state index is 15.3. The van der Waals surface area contributed by atoms with E-state index in [1.165, 1.54) is 17.0 Å². The van der Waals surface area contributed by atoms with Crippen molar-refractivity contribution in [1.29, 1.82) is 0 Å². The lowest BCUT2D eigenvalue weighted by atomic mass is 9.49. The predicted molar refractivity (Wildman–Crippen MR) is 192 cm³/mol. The van der Waals surface area contributed by atoms with Gasteiger partial charge < -0.3 is 9.84 Å². The van der Waals surface area contributed by atoms with Gasteiger partial charge in [0, 0.05) is 27.6 Å². The maximum absolute atomic E-state index is 15.3. The topological polar surface area (TPSA) is 116 Å². The number of aromatic hydroxyl groups is 1. The number of ether oxygens (including phenoxy) is 1. The number of phenolic OH excluding ortho intramolecular Hbond substituents is 1. The van der Waals surface area contributed by atoms with Crippen LogP contribution in [0.15, 0.2) is 72.3 Å². The Bertz CT molecular complexity index is 2000. The summed E-state index contributed by atoms with van der Waals surface area (Å²) in [5.41, 5.74) is 3.30. The number of likely N-dealkylation sites (tertiary alicyclic amines) is 1. The maximum Gasteiger partial charge on any atom is 0.260 e. The third-order valence-electron chi connectivity index (χ3n) is 11.9. The Kier molecular flexibility index (Phi) is 8.59. The van der Waals surface area contributed by atoms with Crippen molar-refractivity contribution in [2.75, 3.05) is 12.5 Å². The highest BCUT2D eigenvalue weighted by atomic mass is 35.5. The third kappa shape index (κ3) is 5.18. The highest BCUT2D eigenvalue weighted by Gasteiger charge is 2.71. The molecule has 3 aliphatic carbocycles. The van der Waals surface area contributed by atoms with Crippen molar-refractivity contribution in [3.05, 3.63) is 98.5 Å². The number of anilines is 1. The molecule has 4 fully saturated rings. The number of imide groups is 2. The second-order valence-corrected chi connectivity index (χ2v) is 15.5. The van der Waals surface area contributed by atoms with E-state index in [1.807, 2.05) is 6.08 Å². The molecule has 2 heterocycles. The lowest BCUT2D eigenvalue weighted by Gasteiger charge is -2.50. The molecule has 6 atom stereocenters. The van der Waals surface area contributed by atoms with E-state index in [9.17, 15) is 19.5 Å². The molecule has 5 aliphatic rings. The van der Waals surface area contributed by atoms with Gasteiger partial charge in [0.1, 0.15) is 11.5 Å². The number of hydrogen-bond acceptors (Lipinski definition) is 7. The Labute approximate surface area is 310 Å². The van der Waals surface area contributed by atoms with Crippen LogP contribution in [0.4, 0.5) is 5.69 Å². The Balaban J connectivity index is 1.33. The lowest BCUT2D eigenvalue weighted by Crippen LogP contribution is -2.53. The van der Waals surface area contributed by atoms with Gasteiger partial charge in [0.05, 0.1) is 41.0 Å². The summed E-state index contributed by atoms with van der Waals surface area (Å²) in [5, 5.41) is 13.5. The predicted octanol–water partition coefficient (Wildman–Crippen LogP) is 7.68. The van der Waals surface area contributed by atoms with E-state index in [0.29, 0.717) is 39.0 Å². The molecule has 3 aromatic carbocycles. The number of methoxy groups -OCH3 is 1. The number of hydrazine groups is 1. The molecular formula is C39H36Cl3N3O6. The number of phenols is 1. The first-order chi connectivity index (χ1) is 24.6. The van der Waals surface area contributed by atoms with Gasteiger partial charge >= 0.3 is 0 Å². The van der Waals surface area contributed by atoms with Crippen LogP contribution in [0.2, 0.25) is 15.1 Å². The van der Waals surface area contributed by atoms with Crippen LogP contribution in [0.3, 0.4) is 0 Å². The van der Waals surface area contributed by atoms with Gasteiger partial charge in [-0.2, -0.15) is 5.01 Å². The highest BCUT2D eigenvalue weighted by Crippen LogP contribution is 2.65. The molecule has 0 aromatic heterocycles. The number of nitrogens with zero attached hydrogens (tertiary/aromatic N) is 2. The summed E-state index contributed by atoms with van der Waals surface area (Å²) in [6.45, 7) is 0. The summed E-state index contributed by atoms with van der Waals surface area (Å²) < 4.78 is 5.45. The Hall–Kier alpha value is -4.05. The highest BCUT2D eigenvalue weighted by molar-refractivity contribution is 6.36. The van der Waals surface area contributed by atoms with E-state index in [0.717, 1.165) is 42.7 Å². The molecule has 2 aliphatic heterocycles. The average Bonchev–Trinajstić information content (AvgIpc) is 3.51. The van der Waals surface area contributed by atoms with E-state index in [-0.39, 0.29) is 35.0 Å². The molecule has 0 spiro atoms. The second kappa shape index (κ2) is 12.9. The molecule has 12 heteroatoms. The van der Waals surface area contributed by atoms with Gasteiger partial charge in [0.15, 0.2) is 0 Å². The average molecular weight is 749 g/mol. The number of carbonyl (C=O) groups is 4. The molecule has 2 saturated carbocycles. The molecule has 0 bridgehead atoms. The van der Waals surface area contributed by atoms with E-state index >= 15 is 4.79 Å². The van der Waals surface area contributed by atoms with E-state index in [2.05, 4.69) is 5.43 Å². The van der Waals surface area contributed by atoms with Crippen LogP contribution in [-0.4, -0.2) is 51.8 Å². The van der Waals surface area contributed by atoms with Crippen LogP contribution >= 0.6 is 34.8 Å². The Morgan fingerprint density at radius 2 is 1.55 bits per heavy atom. The number of hydrogen-bond donors (Lipinski definition) is 2. The van der Waals surface area contributed by atoms with Gasteiger partial charge in [0.2, 0.25) is 11.8 Å². The molecule has 9 nitrogen and oxygen atoms in total. The number of halogens is 3. The van der Waals surface area contributed by atoms with Gasteiger partial charge in [-0.25, -0.2) is 0 Å². The summed E-state index contributed by atoms with van der Waals surface area (Å²) >= 11 is 19.3. The molecular weight excluding hydrogens is 713 g/mol. The van der Waals surface area contributed by atoms with Crippen LogP contribution in [0.25, 0.3) is 0 Å². The number of carbonyl (C=O) groups excluding carboxylic acids is 4. The minimum Gasteiger partial charge on any atom is -0.508 e. The van der Waals surface area contributed by atoms with Crippen molar-refractivity contribution in [3.8, 4) is 11.5 Å². The number of benzene rings is 3. The standard InChI is InChI=1S/C39H36Cl3N3O6/c1-51-24-11-7-20(8-12-24)39-29(36(48)45(38(39)50)43-31-15-9-22(41)18-30(31)42)19-27-25(34(39)28-17-21(40)10-16-32(28)46)13-14-26-33(27)37(49)44(35(26)47)23-5-3-2-4-6-23/h7-13,15-18,23,26-27,29,33-34,43,46H,2-6,14,19H2,1H3/t26-,27+,29-,33-,34+,39+/m0/s1. The van der Waals surface area contributed by atoms with Crippen LogP contribution in [0.1, 0.15) is 62.0 Å². The van der Waals surface area contributed by atoms with E-state index in [1.54, 1.807) is 55.6 Å². The number of fused-ring (bicyclic) bond motifs is 4. The first-order valence-electron chi connectivity index (χ1n) is 17.4. The van der Waals surface area contributed by atoms with Crippen molar-refractivity contribution >= 4 is 64.1 Å². The lowest BCUT2D eigenvalue weighted by molar-refractivity contribution is -0.144. The van der Waals surface area contributed by atoms with Crippen molar-refractivity contribution in [1.82, 2.24) is 9.91 Å². The number of nitrogens with one attached hydrogen (secondary N) is 1. The summed E-state index contributed by atoms with van der Waals surface area (Å²) in [5.74, 6) is -4.74. The third-order valence-corrected chi connectivity index (χ3v) is 12.6. The summed E-state index contributed by atoms with van der Waals surface area (Å²) in [6.07, 6.45) is 6.97. The summed E-state index contributed by atoms with van der Waals surface area (Å²) in [4.78, 5) is 60.2. The smallest absolute Gasteiger partial charge is 0.260 e. The first kappa shape index (κ1) is 34.1. The van der Waals surface area contributed by atoms with Crippen LogP contribution in [0.5, 0.6) is 11.5 Å². The molecule has 2 saturated heterocycles. The minimum absolute atomic E-state index is 0.107. The number of allylic oxidation sites excluding steroid dienone is 2. The van der Waals surface area contributed by atoms with E-state index in [4.69, 9.17) is 39.5 Å². The molecule has 0 unspecified atom stereocenters. The first-order valence-corrected chi connectivity index (χ1v) is 18.5. The Morgan fingerprint density at radius 3 is 2.25 bits per heavy atom. The van der Waals surface area contributed by atoms with Gasteiger partial charge in [-0.05, 0) is 85.7 Å². The monoisotopic (exact) mass is 747 g/mol. The molecule has 4 amide bonds. The van der Waals surface area contributed by atoms with E-state index < -0.39 is 46.8 Å². The fraction of sp³-hybridized carbons (Fsp3) is 0.385. The van der Waals surface area contributed by atoms with Crippen LogP contribution in [0, 0.1) is 23.7 Å². The zero-order chi connectivity index (χ0) is 35.8. The quantitative estimate of drug-likeness (QED) is 0.196. The zero-order valence-corrected chi connectivity index (χ0v) is 30.0. The van der Waals surface area contributed by atoms with Crippen LogP contribution < -0.4 is 10.2 Å². The molecule has 3 aromatic rings. The Morgan fingerprint density at radius 1 is 0.843 bits per heavy atom. The zero-order valence-electron chi connectivity index (χ0n) is 27.8. The number of rotatable bonds is 6. The van der Waals surface area contributed by atoms with Crippen molar-refractivity contribution in [3.63, 3.8) is 0 Å². The van der Waals surface area contributed by atoms with Crippen LogP contribution in [-0.2, 0) is 24.6 Å². The summed E-state index contributed by atoms with van der Waals surface area (Å²) in [6, 6.07) is 16.2. The second-order valence-electron chi connectivity index (χ2n) is 14.3. The van der Waals surface area contributed by atoms with Gasteiger partial charge in [-0.15, -0.1) is 0 Å². The van der Waals surface area contributed by atoms with Crippen molar-refractivity contribution < 1.29 is 29.0 Å². The normalized spacial score (nSPS) is 29.1. The largest absolute Gasteiger partial charge is 0.508 e. The van der Waals surface area contributed by atoms with Gasteiger partial charge in [-0.3, -0.25) is 29.5 Å². The van der Waals surface area contributed by atoms with Gasteiger partial charge in [0.25, 0.3) is 11.8 Å². The number of amides is 4. The molecule has 51 heavy (non-hydrogen) atoms. The van der Waals surface area contributed by atoms with Crippen molar-refractivity contribution in [2.45, 2.75) is 62.3 Å². The van der Waals surface area contributed by atoms with Crippen molar-refractivity contribution in [2.24, 2.45) is 23.7 Å². The molecule has 8 rings (SSSR count). The molecule has 2 N–H and O–H groups in total. The SMILES string of the molecule is COc1ccc([C@@]23C(=O)N(Nc4ccc(Cl)cc4Cl)C(=O)[C@@H]2C[C@@H]2C(=CC[C@@H]4C(=O)N(C5CCCCC5)C(=O)[C@@H]42)[C@@H]3c2cc(Cl)ccc2O)cc1. The fourth-order valence-electron chi connectivity index (χ4n) is 9.67. The fourth-order valence-corrected chi connectivity index (χ4v) is 10.3. The molecule has 264 valence electrons. The minimum atomic E-state index is -1.60. The molecule has 0 radical (unpaired) electrons. The van der Waals surface area contributed by atoms with Gasteiger partial charge in [-0.1, -0.05) is 77.8 Å². The summed E-state index contributed by atoms with van der Waals surface area (Å²) in [7, 11) is 1.54.